The molecule has 3 aromatic rings. The topological polar surface area (TPSA) is 97.2 Å². The Kier molecular flexibility index (Phi) is 3.76. The minimum absolute atomic E-state index is 0.318. The molecule has 8 heteroatoms. The van der Waals surface area contributed by atoms with E-state index in [2.05, 4.69) is 25.3 Å². The molecule has 0 aromatic carbocycles. The molecule has 0 atom stereocenters. The summed E-state index contributed by atoms with van der Waals surface area (Å²) in [6.45, 7) is 1.82. The van der Waals surface area contributed by atoms with E-state index >= 15 is 0 Å². The van der Waals surface area contributed by atoms with Gasteiger partial charge in [0, 0.05) is 44.6 Å². The standard InChI is InChI=1S/C15H16N8/c1-10-8-11(9-16)20-15(19-10)21-12(13-17-4-6-22(13)2)14-18-5-7-23(14)3/h4-8,12H,1-3H3,(H,19,20,21). The van der Waals surface area contributed by atoms with Crippen molar-refractivity contribution in [3.8, 4) is 6.07 Å². The van der Waals surface area contributed by atoms with Gasteiger partial charge in [-0.05, 0) is 13.0 Å². The summed E-state index contributed by atoms with van der Waals surface area (Å²) in [6, 6.07) is 3.35. The van der Waals surface area contributed by atoms with Gasteiger partial charge < -0.3 is 14.5 Å². The number of aromatic nitrogens is 6. The summed E-state index contributed by atoms with van der Waals surface area (Å²) in [5.74, 6) is 1.93. The predicted octanol–water partition coefficient (Wildman–Crippen LogP) is 1.33. The fourth-order valence-corrected chi connectivity index (χ4v) is 2.37. The van der Waals surface area contributed by atoms with Crippen LogP contribution >= 0.6 is 0 Å². The van der Waals surface area contributed by atoms with Gasteiger partial charge in [-0.15, -0.1) is 0 Å². The molecule has 23 heavy (non-hydrogen) atoms. The van der Waals surface area contributed by atoms with Gasteiger partial charge in [0.2, 0.25) is 5.95 Å². The van der Waals surface area contributed by atoms with Crippen molar-refractivity contribution in [2.24, 2.45) is 14.1 Å². The molecule has 0 aliphatic rings. The number of nitriles is 1. The van der Waals surface area contributed by atoms with E-state index in [-0.39, 0.29) is 6.04 Å². The highest BCUT2D eigenvalue weighted by atomic mass is 15.2. The number of aryl methyl sites for hydroxylation is 3. The molecule has 0 radical (unpaired) electrons. The van der Waals surface area contributed by atoms with Gasteiger partial charge >= 0.3 is 0 Å². The van der Waals surface area contributed by atoms with E-state index in [1.807, 2.05) is 48.6 Å². The number of rotatable bonds is 4. The molecule has 3 aromatic heterocycles. The van der Waals surface area contributed by atoms with Crippen LogP contribution in [-0.2, 0) is 14.1 Å². The largest absolute Gasteiger partial charge is 0.338 e. The van der Waals surface area contributed by atoms with Crippen LogP contribution in [0, 0.1) is 18.3 Å². The first-order valence-electron chi connectivity index (χ1n) is 7.05. The maximum Gasteiger partial charge on any atom is 0.225 e. The van der Waals surface area contributed by atoms with Crippen LogP contribution in [0.4, 0.5) is 5.95 Å². The van der Waals surface area contributed by atoms with Crippen LogP contribution in [0.1, 0.15) is 29.1 Å². The quantitative estimate of drug-likeness (QED) is 0.781. The number of imidazole rings is 2. The minimum atomic E-state index is -0.330. The van der Waals surface area contributed by atoms with Crippen molar-refractivity contribution in [1.82, 2.24) is 29.1 Å². The highest BCUT2D eigenvalue weighted by Crippen LogP contribution is 2.22. The Hall–Kier alpha value is -3.21. The SMILES string of the molecule is Cc1cc(C#N)nc(NC(c2nccn2C)c2nccn2C)n1. The van der Waals surface area contributed by atoms with Crippen LogP contribution in [0.3, 0.4) is 0 Å². The summed E-state index contributed by atoms with van der Waals surface area (Å²) in [7, 11) is 3.83. The van der Waals surface area contributed by atoms with Crippen molar-refractivity contribution in [3.05, 3.63) is 53.9 Å². The molecule has 0 saturated carbocycles. The second-order valence-electron chi connectivity index (χ2n) is 5.20. The van der Waals surface area contributed by atoms with Gasteiger partial charge in [-0.1, -0.05) is 0 Å². The van der Waals surface area contributed by atoms with Gasteiger partial charge in [0.25, 0.3) is 0 Å². The molecule has 0 fully saturated rings. The van der Waals surface area contributed by atoms with Crippen LogP contribution in [0.25, 0.3) is 0 Å². The third kappa shape index (κ3) is 2.89. The van der Waals surface area contributed by atoms with Crippen molar-refractivity contribution in [1.29, 1.82) is 5.26 Å². The zero-order valence-corrected chi connectivity index (χ0v) is 13.1. The van der Waals surface area contributed by atoms with Crippen molar-refractivity contribution in [3.63, 3.8) is 0 Å². The zero-order valence-electron chi connectivity index (χ0n) is 13.1. The third-order valence-electron chi connectivity index (χ3n) is 3.48. The summed E-state index contributed by atoms with van der Waals surface area (Å²) in [5.41, 5.74) is 1.04. The molecule has 1 N–H and O–H groups in total. The van der Waals surface area contributed by atoms with Crippen molar-refractivity contribution >= 4 is 5.95 Å². The van der Waals surface area contributed by atoms with E-state index < -0.39 is 0 Å². The van der Waals surface area contributed by atoms with Gasteiger partial charge in [-0.3, -0.25) is 0 Å². The normalized spacial score (nSPS) is 10.7. The smallest absolute Gasteiger partial charge is 0.225 e. The third-order valence-corrected chi connectivity index (χ3v) is 3.48. The fraction of sp³-hybridized carbons (Fsp3) is 0.267. The molecule has 0 spiro atoms. The van der Waals surface area contributed by atoms with Crippen molar-refractivity contribution in [2.45, 2.75) is 13.0 Å². The summed E-state index contributed by atoms with van der Waals surface area (Å²) in [5, 5.41) is 12.3. The number of nitrogens with zero attached hydrogens (tertiary/aromatic N) is 7. The fourth-order valence-electron chi connectivity index (χ4n) is 2.37. The first-order valence-corrected chi connectivity index (χ1v) is 7.05. The lowest BCUT2D eigenvalue weighted by Crippen LogP contribution is -2.21. The highest BCUT2D eigenvalue weighted by Gasteiger charge is 2.23. The second-order valence-corrected chi connectivity index (χ2v) is 5.20. The van der Waals surface area contributed by atoms with Crippen LogP contribution in [0.5, 0.6) is 0 Å². The van der Waals surface area contributed by atoms with Crippen LogP contribution in [0.15, 0.2) is 30.9 Å². The molecule has 116 valence electrons. The molecular weight excluding hydrogens is 292 g/mol. The lowest BCUT2D eigenvalue weighted by molar-refractivity contribution is 0.672. The maximum atomic E-state index is 9.08. The molecule has 3 rings (SSSR count). The average Bonchev–Trinajstić information content (AvgIpc) is 3.13. The molecular formula is C15H16N8. The summed E-state index contributed by atoms with van der Waals surface area (Å²) in [6.07, 6.45) is 7.19. The van der Waals surface area contributed by atoms with E-state index in [1.54, 1.807) is 18.5 Å². The first-order chi connectivity index (χ1) is 11.1. The monoisotopic (exact) mass is 308 g/mol. The summed E-state index contributed by atoms with van der Waals surface area (Å²) in [4.78, 5) is 17.4. The minimum Gasteiger partial charge on any atom is -0.338 e. The molecule has 0 aliphatic heterocycles. The molecule has 0 saturated heterocycles. The number of nitrogens with one attached hydrogen (secondary N) is 1. The van der Waals surface area contributed by atoms with E-state index in [1.165, 1.54) is 0 Å². The summed E-state index contributed by atoms with van der Waals surface area (Å²) < 4.78 is 3.82. The van der Waals surface area contributed by atoms with Gasteiger partial charge in [0.15, 0.2) is 0 Å². The second kappa shape index (κ2) is 5.88. The Morgan fingerprint density at radius 1 is 1.09 bits per heavy atom. The lowest BCUT2D eigenvalue weighted by atomic mass is 10.2. The van der Waals surface area contributed by atoms with E-state index in [4.69, 9.17) is 5.26 Å². The average molecular weight is 308 g/mol. The maximum absolute atomic E-state index is 9.08. The molecule has 8 nitrogen and oxygen atoms in total. The van der Waals surface area contributed by atoms with Crippen molar-refractivity contribution < 1.29 is 0 Å². The van der Waals surface area contributed by atoms with Gasteiger partial charge in [0.1, 0.15) is 29.5 Å². The predicted molar refractivity (Wildman–Crippen MR) is 83.4 cm³/mol. The van der Waals surface area contributed by atoms with Crippen molar-refractivity contribution in [2.75, 3.05) is 5.32 Å². The van der Waals surface area contributed by atoms with Gasteiger partial charge in [0.05, 0.1) is 0 Å². The summed E-state index contributed by atoms with van der Waals surface area (Å²) >= 11 is 0. The van der Waals surface area contributed by atoms with Crippen LogP contribution in [-0.4, -0.2) is 29.1 Å². The molecule has 3 heterocycles. The Morgan fingerprint density at radius 2 is 1.70 bits per heavy atom. The zero-order chi connectivity index (χ0) is 16.4. The number of anilines is 1. The van der Waals surface area contributed by atoms with E-state index in [9.17, 15) is 0 Å². The molecule has 0 aliphatic carbocycles. The van der Waals surface area contributed by atoms with Gasteiger partial charge in [-0.2, -0.15) is 5.26 Å². The van der Waals surface area contributed by atoms with Crippen LogP contribution in [0.2, 0.25) is 0 Å². The first kappa shape index (κ1) is 14.7. The molecule has 0 bridgehead atoms. The Bertz CT molecular complexity index is 829. The number of hydrogen-bond acceptors (Lipinski definition) is 6. The van der Waals surface area contributed by atoms with E-state index in [0.717, 1.165) is 17.3 Å². The lowest BCUT2D eigenvalue weighted by Gasteiger charge is -2.18. The molecule has 0 amide bonds. The van der Waals surface area contributed by atoms with Gasteiger partial charge in [-0.25, -0.2) is 19.9 Å². The van der Waals surface area contributed by atoms with E-state index in [0.29, 0.717) is 11.6 Å². The Morgan fingerprint density at radius 3 is 2.17 bits per heavy atom. The number of hydrogen-bond donors (Lipinski definition) is 1. The Labute approximate surface area is 133 Å². The Balaban J connectivity index is 2.04. The van der Waals surface area contributed by atoms with Crippen LogP contribution < -0.4 is 5.32 Å². The highest BCUT2D eigenvalue weighted by molar-refractivity contribution is 5.37. The molecule has 0 unspecified atom stereocenters.